The van der Waals surface area contributed by atoms with Crippen LogP contribution in [0.3, 0.4) is 0 Å². The van der Waals surface area contributed by atoms with E-state index in [9.17, 15) is 9.59 Å². The highest BCUT2D eigenvalue weighted by Crippen LogP contribution is 2.20. The van der Waals surface area contributed by atoms with Crippen LogP contribution in [0.4, 0.5) is 4.79 Å². The molecular formula is C15H17ClN2O3. The Morgan fingerprint density at radius 3 is 2.48 bits per heavy atom. The number of hydrogen-bond donors (Lipinski definition) is 2. The molecule has 112 valence electrons. The van der Waals surface area contributed by atoms with Crippen molar-refractivity contribution in [2.45, 2.75) is 25.4 Å². The topological polar surface area (TPSA) is 69.6 Å². The van der Waals surface area contributed by atoms with E-state index >= 15 is 0 Å². The highest BCUT2D eigenvalue weighted by molar-refractivity contribution is 6.30. The summed E-state index contributed by atoms with van der Waals surface area (Å²) in [6, 6.07) is 5.26. The lowest BCUT2D eigenvalue weighted by molar-refractivity contribution is -0.139. The molecule has 2 N–H and O–H groups in total. The molecule has 0 aliphatic rings. The van der Waals surface area contributed by atoms with Crippen molar-refractivity contribution in [3.8, 4) is 12.3 Å². The largest absolute Gasteiger partial charge is 0.480 e. The van der Waals surface area contributed by atoms with Crippen LogP contribution in [0.1, 0.15) is 24.9 Å². The van der Waals surface area contributed by atoms with E-state index in [1.54, 1.807) is 19.2 Å². The molecule has 0 saturated carbocycles. The number of benzene rings is 1. The van der Waals surface area contributed by atoms with Crippen LogP contribution in [0.2, 0.25) is 5.02 Å². The number of amides is 2. The standard InChI is InChI=1S/C15H17ClN2O3/c1-4-5-13(14(19)20)17-15(21)18(3)10(2)11-6-8-12(16)9-7-11/h1,6-10,13H,5H2,2-3H3,(H,17,21)(H,19,20). The molecule has 0 heterocycles. The maximum absolute atomic E-state index is 12.1. The molecule has 21 heavy (non-hydrogen) atoms. The summed E-state index contributed by atoms with van der Waals surface area (Å²) in [5.41, 5.74) is 0.890. The second kappa shape index (κ2) is 7.55. The number of urea groups is 1. The molecule has 1 aromatic rings. The van der Waals surface area contributed by atoms with Crippen molar-refractivity contribution in [2.75, 3.05) is 7.05 Å². The van der Waals surface area contributed by atoms with Crippen molar-refractivity contribution in [2.24, 2.45) is 0 Å². The lowest BCUT2D eigenvalue weighted by atomic mass is 10.1. The van der Waals surface area contributed by atoms with E-state index in [1.807, 2.05) is 19.1 Å². The zero-order valence-electron chi connectivity index (χ0n) is 11.8. The van der Waals surface area contributed by atoms with Crippen LogP contribution in [0.5, 0.6) is 0 Å². The fourth-order valence-corrected chi connectivity index (χ4v) is 1.84. The molecule has 2 atom stereocenters. The first-order valence-corrected chi connectivity index (χ1v) is 6.69. The average molecular weight is 309 g/mol. The molecule has 0 saturated heterocycles. The number of carboxylic acids is 1. The number of carbonyl (C=O) groups excluding carboxylic acids is 1. The Kier molecular flexibility index (Phi) is 6.07. The minimum absolute atomic E-state index is 0.0652. The van der Waals surface area contributed by atoms with Crippen LogP contribution in [-0.2, 0) is 4.79 Å². The summed E-state index contributed by atoms with van der Waals surface area (Å²) in [7, 11) is 1.59. The molecule has 2 unspecified atom stereocenters. The molecule has 0 aliphatic heterocycles. The summed E-state index contributed by atoms with van der Waals surface area (Å²) in [5, 5.41) is 12.0. The van der Waals surface area contributed by atoms with Crippen molar-refractivity contribution in [3.63, 3.8) is 0 Å². The number of rotatable bonds is 5. The highest BCUT2D eigenvalue weighted by Gasteiger charge is 2.23. The van der Waals surface area contributed by atoms with Gasteiger partial charge in [-0.05, 0) is 24.6 Å². The predicted molar refractivity (Wildman–Crippen MR) is 81.0 cm³/mol. The van der Waals surface area contributed by atoms with Gasteiger partial charge in [0, 0.05) is 18.5 Å². The third-order valence-electron chi connectivity index (χ3n) is 3.17. The maximum Gasteiger partial charge on any atom is 0.327 e. The number of carbonyl (C=O) groups is 2. The Labute approximate surface area is 128 Å². The summed E-state index contributed by atoms with van der Waals surface area (Å²) in [6.07, 6.45) is 5.03. The zero-order chi connectivity index (χ0) is 16.0. The molecule has 0 aromatic heterocycles. The van der Waals surface area contributed by atoms with Crippen LogP contribution in [-0.4, -0.2) is 35.1 Å². The molecule has 0 radical (unpaired) electrons. The number of nitrogens with zero attached hydrogens (tertiary/aromatic N) is 1. The molecular weight excluding hydrogens is 292 g/mol. The molecule has 5 nitrogen and oxygen atoms in total. The van der Waals surface area contributed by atoms with Gasteiger partial charge in [0.25, 0.3) is 0 Å². The maximum atomic E-state index is 12.1. The fraction of sp³-hybridized carbons (Fsp3) is 0.333. The van der Waals surface area contributed by atoms with Crippen LogP contribution >= 0.6 is 11.6 Å². The molecule has 0 bridgehead atoms. The molecule has 0 aliphatic carbocycles. The van der Waals surface area contributed by atoms with E-state index in [0.717, 1.165) is 5.56 Å². The van der Waals surface area contributed by atoms with Crippen molar-refractivity contribution < 1.29 is 14.7 Å². The molecule has 0 spiro atoms. The summed E-state index contributed by atoms with van der Waals surface area (Å²) < 4.78 is 0. The smallest absolute Gasteiger partial charge is 0.327 e. The highest BCUT2D eigenvalue weighted by atomic mass is 35.5. The van der Waals surface area contributed by atoms with Crippen LogP contribution in [0.25, 0.3) is 0 Å². The number of aliphatic carboxylic acids is 1. The monoisotopic (exact) mass is 308 g/mol. The average Bonchev–Trinajstić information content (AvgIpc) is 2.45. The summed E-state index contributed by atoms with van der Waals surface area (Å²) in [5.74, 6) is 1.07. The summed E-state index contributed by atoms with van der Waals surface area (Å²) >= 11 is 5.82. The van der Waals surface area contributed by atoms with E-state index in [1.165, 1.54) is 4.90 Å². The van der Waals surface area contributed by atoms with Crippen molar-refractivity contribution in [1.82, 2.24) is 10.2 Å². The second-order valence-electron chi connectivity index (χ2n) is 4.59. The summed E-state index contributed by atoms with van der Waals surface area (Å²) in [6.45, 7) is 1.83. The molecule has 1 rings (SSSR count). The van der Waals surface area contributed by atoms with Gasteiger partial charge in [0.15, 0.2) is 0 Å². The number of hydrogen-bond acceptors (Lipinski definition) is 2. The van der Waals surface area contributed by atoms with Gasteiger partial charge in [0.1, 0.15) is 6.04 Å². The van der Waals surface area contributed by atoms with E-state index in [2.05, 4.69) is 11.2 Å². The number of halogens is 1. The SMILES string of the molecule is C#CCC(NC(=O)N(C)C(C)c1ccc(Cl)cc1)C(=O)O. The Morgan fingerprint density at radius 2 is 2.00 bits per heavy atom. The Balaban J connectivity index is 2.75. The quantitative estimate of drug-likeness (QED) is 0.821. The lowest BCUT2D eigenvalue weighted by Gasteiger charge is -2.27. The Hall–Kier alpha value is -2.19. The predicted octanol–water partition coefficient (Wildman–Crippen LogP) is 2.52. The fourth-order valence-electron chi connectivity index (χ4n) is 1.71. The van der Waals surface area contributed by atoms with Gasteiger partial charge in [-0.25, -0.2) is 9.59 Å². The molecule has 6 heteroatoms. The van der Waals surface area contributed by atoms with Crippen LogP contribution in [0.15, 0.2) is 24.3 Å². The van der Waals surface area contributed by atoms with Gasteiger partial charge in [-0.1, -0.05) is 23.7 Å². The first-order chi connectivity index (χ1) is 9.86. The van der Waals surface area contributed by atoms with Gasteiger partial charge in [0.2, 0.25) is 0 Å². The lowest BCUT2D eigenvalue weighted by Crippen LogP contribution is -2.47. The van der Waals surface area contributed by atoms with Gasteiger partial charge in [-0.2, -0.15) is 0 Å². The van der Waals surface area contributed by atoms with Gasteiger partial charge < -0.3 is 15.3 Å². The van der Waals surface area contributed by atoms with E-state index in [4.69, 9.17) is 23.1 Å². The third kappa shape index (κ3) is 4.69. The van der Waals surface area contributed by atoms with Crippen LogP contribution in [0, 0.1) is 12.3 Å². The normalized spacial score (nSPS) is 12.9. The van der Waals surface area contributed by atoms with Gasteiger partial charge in [-0.3, -0.25) is 0 Å². The van der Waals surface area contributed by atoms with Crippen molar-refractivity contribution >= 4 is 23.6 Å². The van der Waals surface area contributed by atoms with E-state index in [-0.39, 0.29) is 12.5 Å². The molecule has 1 aromatic carbocycles. The zero-order valence-corrected chi connectivity index (χ0v) is 12.6. The first kappa shape index (κ1) is 16.9. The molecule has 0 fully saturated rings. The minimum atomic E-state index is -1.16. The van der Waals surface area contributed by atoms with Gasteiger partial charge in [0.05, 0.1) is 6.04 Å². The molecule has 2 amide bonds. The van der Waals surface area contributed by atoms with Crippen LogP contribution < -0.4 is 5.32 Å². The second-order valence-corrected chi connectivity index (χ2v) is 5.02. The number of terminal acetylenes is 1. The van der Waals surface area contributed by atoms with Crippen molar-refractivity contribution in [3.05, 3.63) is 34.9 Å². The van der Waals surface area contributed by atoms with Crippen molar-refractivity contribution in [1.29, 1.82) is 0 Å². The van der Waals surface area contributed by atoms with Gasteiger partial charge in [-0.15, -0.1) is 12.3 Å². The Bertz CT molecular complexity index is 551. The number of nitrogens with one attached hydrogen (secondary N) is 1. The third-order valence-corrected chi connectivity index (χ3v) is 3.42. The van der Waals surface area contributed by atoms with E-state index < -0.39 is 18.0 Å². The minimum Gasteiger partial charge on any atom is -0.480 e. The number of carboxylic acid groups (broad SMARTS) is 1. The van der Waals surface area contributed by atoms with E-state index in [0.29, 0.717) is 5.02 Å². The Morgan fingerprint density at radius 1 is 1.43 bits per heavy atom. The first-order valence-electron chi connectivity index (χ1n) is 6.32. The summed E-state index contributed by atoms with van der Waals surface area (Å²) in [4.78, 5) is 24.5. The van der Waals surface area contributed by atoms with Gasteiger partial charge >= 0.3 is 12.0 Å².